The monoisotopic (exact) mass is 280 g/mol. The Morgan fingerprint density at radius 2 is 2.05 bits per heavy atom. The van der Waals surface area contributed by atoms with Crippen LogP contribution < -0.4 is 10.5 Å². The van der Waals surface area contributed by atoms with Gasteiger partial charge in [-0.05, 0) is 25.5 Å². The first kappa shape index (κ1) is 15.4. The van der Waals surface area contributed by atoms with Crippen LogP contribution in [0.3, 0.4) is 0 Å². The second-order valence-electron chi connectivity index (χ2n) is 4.06. The van der Waals surface area contributed by atoms with Crippen molar-refractivity contribution >= 4 is 17.6 Å². The van der Waals surface area contributed by atoms with Gasteiger partial charge in [-0.25, -0.2) is 9.18 Å². The second-order valence-corrected chi connectivity index (χ2v) is 4.06. The van der Waals surface area contributed by atoms with Gasteiger partial charge in [0.05, 0.1) is 5.56 Å². The number of nitrogens with one attached hydrogen (secondary N) is 1. The summed E-state index contributed by atoms with van der Waals surface area (Å²) in [5.74, 6) is -3.69. The third-order valence-electron chi connectivity index (χ3n) is 2.31. The van der Waals surface area contributed by atoms with E-state index in [0.717, 1.165) is 18.2 Å². The van der Waals surface area contributed by atoms with E-state index >= 15 is 0 Å². The fourth-order valence-corrected chi connectivity index (χ4v) is 1.40. The van der Waals surface area contributed by atoms with E-state index in [1.165, 1.54) is 13.8 Å². The predicted octanol–water partition coefficient (Wildman–Crippen LogP) is 1.62. The van der Waals surface area contributed by atoms with Gasteiger partial charge >= 0.3 is 5.97 Å². The number of carbonyl (C=O) groups is 2. The fourth-order valence-electron chi connectivity index (χ4n) is 1.40. The standard InChI is InChI=1S/C13H13FN2O4/c1-6-3-8(13(18)19)9(14)5-10(6)20-11(12(16)17)4-7(2)15/h3-5,15H,1-2H3,(H2,16,17)(H,18,19)/b11-4+,15-7?. The number of rotatable bonds is 5. The minimum atomic E-state index is -1.40. The summed E-state index contributed by atoms with van der Waals surface area (Å²) in [6.45, 7) is 2.91. The molecule has 0 aliphatic rings. The van der Waals surface area contributed by atoms with Crippen LogP contribution in [0.4, 0.5) is 4.39 Å². The molecule has 1 aromatic carbocycles. The van der Waals surface area contributed by atoms with E-state index in [1.54, 1.807) is 0 Å². The van der Waals surface area contributed by atoms with E-state index in [2.05, 4.69) is 0 Å². The number of aromatic carboxylic acids is 1. The normalized spacial score (nSPS) is 11.1. The summed E-state index contributed by atoms with van der Waals surface area (Å²) < 4.78 is 18.7. The predicted molar refractivity (Wildman–Crippen MR) is 69.4 cm³/mol. The number of benzene rings is 1. The van der Waals surface area contributed by atoms with Crippen molar-refractivity contribution in [2.24, 2.45) is 5.73 Å². The highest BCUT2D eigenvalue weighted by molar-refractivity contribution is 6.00. The summed E-state index contributed by atoms with van der Waals surface area (Å²) in [7, 11) is 0. The molecule has 6 nitrogen and oxygen atoms in total. The van der Waals surface area contributed by atoms with Crippen LogP contribution in [0.25, 0.3) is 0 Å². The first-order valence-electron chi connectivity index (χ1n) is 5.50. The quantitative estimate of drug-likeness (QED) is 0.432. The third kappa shape index (κ3) is 3.64. The van der Waals surface area contributed by atoms with Crippen LogP contribution >= 0.6 is 0 Å². The van der Waals surface area contributed by atoms with E-state index in [9.17, 15) is 14.0 Å². The Morgan fingerprint density at radius 1 is 1.45 bits per heavy atom. The molecule has 106 valence electrons. The smallest absolute Gasteiger partial charge is 0.338 e. The highest BCUT2D eigenvalue weighted by atomic mass is 19.1. The van der Waals surface area contributed by atoms with Crippen molar-refractivity contribution in [2.75, 3.05) is 0 Å². The summed E-state index contributed by atoms with van der Waals surface area (Å²) in [6.07, 6.45) is 1.09. The zero-order valence-corrected chi connectivity index (χ0v) is 10.9. The Balaban J connectivity index is 3.21. The van der Waals surface area contributed by atoms with Crippen LogP contribution in [-0.4, -0.2) is 22.7 Å². The van der Waals surface area contributed by atoms with Crippen molar-refractivity contribution < 1.29 is 23.8 Å². The zero-order chi connectivity index (χ0) is 15.4. The number of carboxylic acid groups (broad SMARTS) is 1. The maximum Gasteiger partial charge on any atom is 0.338 e. The van der Waals surface area contributed by atoms with E-state index in [-0.39, 0.29) is 17.2 Å². The number of allylic oxidation sites excluding steroid dienone is 1. The first-order chi connectivity index (χ1) is 9.22. The molecular weight excluding hydrogens is 267 g/mol. The molecule has 1 rings (SSSR count). The number of halogens is 1. The van der Waals surface area contributed by atoms with Crippen molar-refractivity contribution in [1.29, 1.82) is 5.41 Å². The average Bonchev–Trinajstić information content (AvgIpc) is 2.31. The van der Waals surface area contributed by atoms with Gasteiger partial charge in [0, 0.05) is 17.9 Å². The Bertz CT molecular complexity index is 623. The molecule has 0 spiro atoms. The van der Waals surface area contributed by atoms with Crippen molar-refractivity contribution in [3.63, 3.8) is 0 Å². The molecule has 0 bridgehead atoms. The molecule has 1 aromatic rings. The van der Waals surface area contributed by atoms with E-state index < -0.39 is 23.3 Å². The van der Waals surface area contributed by atoms with Gasteiger partial charge in [-0.2, -0.15) is 0 Å². The highest BCUT2D eigenvalue weighted by Gasteiger charge is 2.16. The SMILES string of the molecule is CC(=N)/C=C(/Oc1cc(F)c(C(=O)O)cc1C)C(N)=O. The lowest BCUT2D eigenvalue weighted by atomic mass is 10.1. The van der Waals surface area contributed by atoms with Crippen LogP contribution in [0.5, 0.6) is 5.75 Å². The lowest BCUT2D eigenvalue weighted by molar-refractivity contribution is -0.116. The summed E-state index contributed by atoms with van der Waals surface area (Å²) >= 11 is 0. The number of aryl methyl sites for hydroxylation is 1. The Kier molecular flexibility index (Phi) is 4.58. The molecule has 0 fully saturated rings. The van der Waals surface area contributed by atoms with Gasteiger partial charge in [0.25, 0.3) is 5.91 Å². The number of nitrogens with two attached hydrogens (primary N) is 1. The largest absolute Gasteiger partial charge is 0.478 e. The molecule has 0 unspecified atom stereocenters. The molecule has 4 N–H and O–H groups in total. The van der Waals surface area contributed by atoms with E-state index in [0.29, 0.717) is 5.56 Å². The van der Waals surface area contributed by atoms with Gasteiger partial charge in [0.15, 0.2) is 5.76 Å². The molecule has 0 radical (unpaired) electrons. The second kappa shape index (κ2) is 5.96. The summed E-state index contributed by atoms with van der Waals surface area (Å²) in [4.78, 5) is 21.9. The first-order valence-corrected chi connectivity index (χ1v) is 5.50. The third-order valence-corrected chi connectivity index (χ3v) is 2.31. The molecule has 0 saturated heterocycles. The van der Waals surface area contributed by atoms with Crippen LogP contribution in [0, 0.1) is 18.2 Å². The number of hydrogen-bond donors (Lipinski definition) is 3. The maximum absolute atomic E-state index is 13.6. The van der Waals surface area contributed by atoms with Crippen molar-refractivity contribution in [3.8, 4) is 5.75 Å². The number of amides is 1. The molecular formula is C13H13FN2O4. The number of carboxylic acids is 1. The molecule has 0 atom stereocenters. The molecule has 0 saturated carbocycles. The highest BCUT2D eigenvalue weighted by Crippen LogP contribution is 2.24. The minimum Gasteiger partial charge on any atom is -0.478 e. The minimum absolute atomic E-state index is 0.0269. The van der Waals surface area contributed by atoms with Gasteiger partial charge in [0.1, 0.15) is 11.6 Å². The van der Waals surface area contributed by atoms with Gasteiger partial charge < -0.3 is 21.0 Å². The zero-order valence-electron chi connectivity index (χ0n) is 10.9. The van der Waals surface area contributed by atoms with E-state index in [1.807, 2.05) is 0 Å². The number of primary amides is 1. The van der Waals surface area contributed by atoms with Crippen LogP contribution in [0.1, 0.15) is 22.8 Å². The van der Waals surface area contributed by atoms with Crippen LogP contribution in [0.2, 0.25) is 0 Å². The molecule has 7 heteroatoms. The van der Waals surface area contributed by atoms with Crippen molar-refractivity contribution in [3.05, 3.63) is 40.9 Å². The Hall–Kier alpha value is -2.70. The lowest BCUT2D eigenvalue weighted by Crippen LogP contribution is -2.19. The van der Waals surface area contributed by atoms with E-state index in [4.69, 9.17) is 21.0 Å². The fraction of sp³-hybridized carbons (Fsp3) is 0.154. The molecule has 1 amide bonds. The molecule has 20 heavy (non-hydrogen) atoms. The Morgan fingerprint density at radius 3 is 2.50 bits per heavy atom. The summed E-state index contributed by atoms with van der Waals surface area (Å²) in [5, 5.41) is 16.0. The van der Waals surface area contributed by atoms with Crippen molar-refractivity contribution in [1.82, 2.24) is 0 Å². The Labute approximate surface area is 114 Å². The van der Waals surface area contributed by atoms with Crippen LogP contribution in [0.15, 0.2) is 24.0 Å². The topological polar surface area (TPSA) is 113 Å². The van der Waals surface area contributed by atoms with Crippen LogP contribution in [-0.2, 0) is 4.79 Å². The number of ether oxygens (including phenoxy) is 1. The molecule has 0 aromatic heterocycles. The number of carbonyl (C=O) groups excluding carboxylic acids is 1. The lowest BCUT2D eigenvalue weighted by Gasteiger charge is -2.11. The van der Waals surface area contributed by atoms with Gasteiger partial charge in [0.2, 0.25) is 0 Å². The van der Waals surface area contributed by atoms with Gasteiger partial charge in [-0.1, -0.05) is 0 Å². The summed E-state index contributed by atoms with van der Waals surface area (Å²) in [6, 6.07) is 1.94. The molecule has 0 aliphatic carbocycles. The van der Waals surface area contributed by atoms with Gasteiger partial charge in [-0.15, -0.1) is 0 Å². The maximum atomic E-state index is 13.6. The average molecular weight is 280 g/mol. The molecule has 0 aliphatic heterocycles. The van der Waals surface area contributed by atoms with Gasteiger partial charge in [-0.3, -0.25) is 4.79 Å². The van der Waals surface area contributed by atoms with Crippen molar-refractivity contribution in [2.45, 2.75) is 13.8 Å². The number of hydrogen-bond acceptors (Lipinski definition) is 4. The summed E-state index contributed by atoms with van der Waals surface area (Å²) in [5.41, 5.74) is 4.93. The molecule has 0 heterocycles.